The minimum Gasteiger partial charge on any atom is -0.387 e. The Hall–Kier alpha value is -1.10. The molecule has 2 aliphatic rings. The van der Waals surface area contributed by atoms with Gasteiger partial charge in [-0.2, -0.15) is 10.5 Å². The summed E-state index contributed by atoms with van der Waals surface area (Å²) in [4.78, 5) is 0. The maximum atomic E-state index is 9.36. The quantitative estimate of drug-likeness (QED) is 0.598. The van der Waals surface area contributed by atoms with E-state index in [2.05, 4.69) is 13.2 Å². The van der Waals surface area contributed by atoms with Gasteiger partial charge in [0.05, 0.1) is 35.5 Å². The summed E-state index contributed by atoms with van der Waals surface area (Å²) < 4.78 is 0. The predicted octanol–water partition coefficient (Wildman–Crippen LogP) is 1.66. The Labute approximate surface area is 150 Å². The van der Waals surface area contributed by atoms with Gasteiger partial charge in [0, 0.05) is 11.8 Å². The van der Waals surface area contributed by atoms with E-state index in [0.29, 0.717) is 0 Å². The molecule has 2 N–H and O–H groups in total. The monoisotopic (exact) mass is 348 g/mol. The number of aliphatic hydroxyl groups is 2. The standard InChI is InChI=1S/2C9H8NO.Fe/c2*1-7(6-10)9(11)8-4-2-3-5-8;/h2*2-5,9,11H,1H2;/q;;+2. The van der Waals surface area contributed by atoms with Gasteiger partial charge in [0.25, 0.3) is 0 Å². The average Bonchev–Trinajstić information content (AvgIpc) is 3.25. The van der Waals surface area contributed by atoms with Crippen LogP contribution in [0.5, 0.6) is 0 Å². The molecule has 0 aromatic rings. The third kappa shape index (κ3) is 6.90. The van der Waals surface area contributed by atoms with Crippen molar-refractivity contribution in [2.45, 2.75) is 12.2 Å². The summed E-state index contributed by atoms with van der Waals surface area (Å²) in [6.45, 7) is 6.84. The normalized spacial score (nSPS) is 20.2. The maximum Gasteiger partial charge on any atom is 2.00 e. The molecule has 5 heteroatoms. The number of hydrogen-bond acceptors (Lipinski definition) is 4. The van der Waals surface area contributed by atoms with E-state index in [0.717, 1.165) is 11.8 Å². The summed E-state index contributed by atoms with van der Waals surface area (Å²) in [6.07, 6.45) is 12.6. The molecule has 2 unspecified atom stereocenters. The van der Waals surface area contributed by atoms with Crippen LogP contribution in [-0.2, 0) is 17.1 Å². The molecule has 0 spiro atoms. The molecule has 0 bridgehead atoms. The van der Waals surface area contributed by atoms with Gasteiger partial charge in [-0.25, -0.2) is 0 Å². The van der Waals surface area contributed by atoms with E-state index >= 15 is 0 Å². The minimum absolute atomic E-state index is 0. The second-order valence-corrected chi connectivity index (χ2v) is 4.52. The van der Waals surface area contributed by atoms with Crippen LogP contribution < -0.4 is 0 Å². The van der Waals surface area contributed by atoms with Gasteiger partial charge in [-0.05, 0) is 51.4 Å². The van der Waals surface area contributed by atoms with Crippen molar-refractivity contribution in [3.8, 4) is 12.1 Å². The van der Waals surface area contributed by atoms with E-state index in [4.69, 9.17) is 10.5 Å². The van der Waals surface area contributed by atoms with E-state index < -0.39 is 12.2 Å². The van der Waals surface area contributed by atoms with E-state index in [1.165, 1.54) is 0 Å². The second kappa shape index (κ2) is 11.4. The Morgan fingerprint density at radius 2 is 1.04 bits per heavy atom. The minimum atomic E-state index is -0.838. The summed E-state index contributed by atoms with van der Waals surface area (Å²) in [5.74, 6) is 1.44. The first-order valence-electron chi connectivity index (χ1n) is 6.48. The molecule has 0 heterocycles. The molecule has 23 heavy (non-hydrogen) atoms. The topological polar surface area (TPSA) is 88.0 Å². The van der Waals surface area contributed by atoms with Gasteiger partial charge in [0.2, 0.25) is 0 Å². The third-order valence-corrected chi connectivity index (χ3v) is 2.96. The average molecular weight is 348 g/mol. The largest absolute Gasteiger partial charge is 2.00 e. The van der Waals surface area contributed by atoms with Gasteiger partial charge in [-0.15, -0.1) is 0 Å². The van der Waals surface area contributed by atoms with E-state index in [9.17, 15) is 10.2 Å². The second-order valence-electron chi connectivity index (χ2n) is 4.52. The molecule has 0 saturated heterocycles. The van der Waals surface area contributed by atoms with Crippen LogP contribution in [0, 0.1) is 85.9 Å². The van der Waals surface area contributed by atoms with Crippen molar-refractivity contribution in [2.75, 3.05) is 0 Å². The number of nitrogens with zero attached hydrogens (tertiary/aromatic N) is 2. The van der Waals surface area contributed by atoms with Gasteiger partial charge < -0.3 is 10.2 Å². The van der Waals surface area contributed by atoms with E-state index in [1.54, 1.807) is 25.7 Å². The molecule has 0 aromatic heterocycles. The Balaban J connectivity index is 0.000000403. The molecule has 2 rings (SSSR count). The molecule has 0 aliphatic heterocycles. The Morgan fingerprint density at radius 3 is 1.26 bits per heavy atom. The van der Waals surface area contributed by atoms with Crippen LogP contribution >= 0.6 is 0 Å². The van der Waals surface area contributed by atoms with Gasteiger partial charge in [0.15, 0.2) is 0 Å². The van der Waals surface area contributed by atoms with Crippen LogP contribution in [0.15, 0.2) is 24.3 Å². The fourth-order valence-electron chi connectivity index (χ4n) is 1.67. The van der Waals surface area contributed by atoms with Gasteiger partial charge >= 0.3 is 17.1 Å². The fraction of sp³-hybridized carbons (Fsp3) is 0.111. The predicted molar refractivity (Wildman–Crippen MR) is 82.4 cm³/mol. The fourth-order valence-corrected chi connectivity index (χ4v) is 1.67. The van der Waals surface area contributed by atoms with Crippen LogP contribution in [0.1, 0.15) is 0 Å². The molecule has 2 saturated carbocycles. The molecule has 0 amide bonds. The third-order valence-electron chi connectivity index (χ3n) is 2.96. The summed E-state index contributed by atoms with van der Waals surface area (Å²) in [5, 5.41) is 35.5. The smallest absolute Gasteiger partial charge is 0.387 e. The zero-order valence-corrected chi connectivity index (χ0v) is 13.4. The molecule has 4 nitrogen and oxygen atoms in total. The zero-order valence-electron chi connectivity index (χ0n) is 12.3. The molecule has 0 aromatic carbocycles. The molecule has 2 fully saturated rings. The number of nitriles is 2. The molecule has 116 valence electrons. The summed E-state index contributed by atoms with van der Waals surface area (Å²) in [6, 6.07) is 3.62. The number of rotatable bonds is 4. The Kier molecular flexibility index (Phi) is 10.9. The first-order valence-corrected chi connectivity index (χ1v) is 6.48. The van der Waals surface area contributed by atoms with E-state index in [1.807, 2.05) is 37.8 Å². The first kappa shape index (κ1) is 21.9. The van der Waals surface area contributed by atoms with Gasteiger partial charge in [-0.3, -0.25) is 0 Å². The van der Waals surface area contributed by atoms with Crippen LogP contribution in [0.4, 0.5) is 0 Å². The maximum absolute atomic E-state index is 9.36. The molecular formula is C18H16FeN2O2+2. The van der Waals surface area contributed by atoms with Crippen molar-refractivity contribution < 1.29 is 27.3 Å². The zero-order chi connectivity index (χ0) is 16.5. The van der Waals surface area contributed by atoms with Crippen molar-refractivity contribution in [1.29, 1.82) is 10.5 Å². The first-order chi connectivity index (χ1) is 10.5. The van der Waals surface area contributed by atoms with Crippen molar-refractivity contribution in [1.82, 2.24) is 0 Å². The summed E-state index contributed by atoms with van der Waals surface area (Å²) in [5.41, 5.74) is 0.354. The van der Waals surface area contributed by atoms with Gasteiger partial charge in [0.1, 0.15) is 0 Å². The molecule has 2 atom stereocenters. The molecule has 10 radical (unpaired) electrons. The van der Waals surface area contributed by atoms with Crippen LogP contribution in [0.3, 0.4) is 0 Å². The van der Waals surface area contributed by atoms with Crippen molar-refractivity contribution >= 4 is 0 Å². The summed E-state index contributed by atoms with van der Waals surface area (Å²) in [7, 11) is 0. The Morgan fingerprint density at radius 1 is 0.783 bits per heavy atom. The summed E-state index contributed by atoms with van der Waals surface area (Å²) >= 11 is 0. The van der Waals surface area contributed by atoms with Crippen molar-refractivity contribution in [3.05, 3.63) is 87.5 Å². The van der Waals surface area contributed by atoms with Crippen molar-refractivity contribution in [3.63, 3.8) is 0 Å². The van der Waals surface area contributed by atoms with Crippen LogP contribution in [0.2, 0.25) is 0 Å². The number of aliphatic hydroxyl groups excluding tert-OH is 2. The van der Waals surface area contributed by atoms with Crippen LogP contribution in [0.25, 0.3) is 0 Å². The Bertz CT molecular complexity index is 422. The molecular weight excluding hydrogens is 332 g/mol. The number of hydrogen-bond donors (Lipinski definition) is 2. The van der Waals surface area contributed by atoms with E-state index in [-0.39, 0.29) is 28.2 Å². The SMILES string of the molecule is C=C(C#N)C(O)[C]1[CH][CH][CH][CH]1.C=C(C#N)C(O)[C]1[CH][CH][CH][CH]1.[Fe+2]. The van der Waals surface area contributed by atoms with Gasteiger partial charge in [-0.1, -0.05) is 13.2 Å². The molecule has 2 aliphatic carbocycles. The van der Waals surface area contributed by atoms with Crippen molar-refractivity contribution in [2.24, 2.45) is 0 Å². The van der Waals surface area contributed by atoms with Crippen LogP contribution in [-0.4, -0.2) is 22.4 Å².